The molecule has 1 aliphatic rings. The number of carboxylic acid groups (broad SMARTS) is 1. The van der Waals surface area contributed by atoms with Crippen LogP contribution >= 0.6 is 0 Å². The second-order valence-electron chi connectivity index (χ2n) is 4.31. The van der Waals surface area contributed by atoms with Crippen LogP contribution in [0.15, 0.2) is 24.3 Å². The zero-order valence-electron chi connectivity index (χ0n) is 9.69. The van der Waals surface area contributed by atoms with Crippen molar-refractivity contribution in [3.63, 3.8) is 0 Å². The topological polar surface area (TPSA) is 54.4 Å². The molecule has 0 atom stereocenters. The summed E-state index contributed by atoms with van der Waals surface area (Å²) < 4.78 is 0. The molecule has 1 aromatic carbocycles. The molecule has 1 aliphatic carbocycles. The Balaban J connectivity index is 2.40. The molecule has 2 rings (SSSR count). The van der Waals surface area contributed by atoms with Crippen molar-refractivity contribution in [1.82, 2.24) is 0 Å². The molecule has 17 heavy (non-hydrogen) atoms. The van der Waals surface area contributed by atoms with Gasteiger partial charge in [0, 0.05) is 18.1 Å². The summed E-state index contributed by atoms with van der Waals surface area (Å²) in [7, 11) is 0. The van der Waals surface area contributed by atoms with Crippen LogP contribution in [0, 0.1) is 0 Å². The Labute approximate surface area is 99.8 Å². The number of hydrogen-bond acceptors (Lipinski definition) is 2. The van der Waals surface area contributed by atoms with Gasteiger partial charge in [0.05, 0.1) is 0 Å². The van der Waals surface area contributed by atoms with Gasteiger partial charge in [-0.3, -0.25) is 4.79 Å². The molecule has 0 fully saturated rings. The van der Waals surface area contributed by atoms with E-state index in [0.29, 0.717) is 12.0 Å². The minimum Gasteiger partial charge on any atom is -0.478 e. The van der Waals surface area contributed by atoms with Crippen molar-refractivity contribution in [3.8, 4) is 0 Å². The molecule has 0 aromatic heterocycles. The van der Waals surface area contributed by atoms with Gasteiger partial charge in [-0.15, -0.1) is 0 Å². The summed E-state index contributed by atoms with van der Waals surface area (Å²) in [5.41, 5.74) is 3.42. The van der Waals surface area contributed by atoms with Crippen LogP contribution in [-0.4, -0.2) is 16.9 Å². The number of benzene rings is 1. The van der Waals surface area contributed by atoms with Crippen LogP contribution in [0.2, 0.25) is 0 Å². The van der Waals surface area contributed by atoms with Crippen LogP contribution in [-0.2, 0) is 11.2 Å². The molecular weight excluding hydrogens is 216 g/mol. The summed E-state index contributed by atoms with van der Waals surface area (Å²) in [6.45, 7) is 1.76. The zero-order chi connectivity index (χ0) is 12.4. The lowest BCUT2D eigenvalue weighted by molar-refractivity contribution is -0.131. The number of carboxylic acids is 1. The summed E-state index contributed by atoms with van der Waals surface area (Å²) in [5, 5.41) is 8.70. The van der Waals surface area contributed by atoms with E-state index in [0.717, 1.165) is 29.5 Å². The second-order valence-corrected chi connectivity index (χ2v) is 4.31. The van der Waals surface area contributed by atoms with Crippen LogP contribution in [0.5, 0.6) is 0 Å². The summed E-state index contributed by atoms with van der Waals surface area (Å²) in [5.74, 6) is -0.756. The lowest BCUT2D eigenvalue weighted by Crippen LogP contribution is -2.10. The summed E-state index contributed by atoms with van der Waals surface area (Å²) in [6, 6.07) is 5.56. The van der Waals surface area contributed by atoms with E-state index >= 15 is 0 Å². The molecule has 88 valence electrons. The fourth-order valence-electron chi connectivity index (χ4n) is 2.16. The molecule has 1 aromatic rings. The van der Waals surface area contributed by atoms with Gasteiger partial charge in [0.2, 0.25) is 0 Å². The molecule has 0 bridgehead atoms. The fourth-order valence-corrected chi connectivity index (χ4v) is 2.16. The first-order chi connectivity index (χ1) is 8.08. The molecule has 3 nitrogen and oxygen atoms in total. The smallest absolute Gasteiger partial charge is 0.328 e. The Morgan fingerprint density at radius 3 is 2.82 bits per heavy atom. The van der Waals surface area contributed by atoms with Gasteiger partial charge >= 0.3 is 5.97 Å². The number of hydrogen-bond donors (Lipinski definition) is 1. The highest BCUT2D eigenvalue weighted by Crippen LogP contribution is 2.25. The lowest BCUT2D eigenvalue weighted by Gasteiger charge is -2.15. The lowest BCUT2D eigenvalue weighted by atomic mass is 9.88. The fraction of sp³-hybridized carbons (Fsp3) is 0.286. The zero-order valence-corrected chi connectivity index (χ0v) is 9.69. The van der Waals surface area contributed by atoms with E-state index in [2.05, 4.69) is 0 Å². The highest BCUT2D eigenvalue weighted by atomic mass is 16.4. The number of rotatable bonds is 2. The highest BCUT2D eigenvalue weighted by Gasteiger charge is 2.17. The second kappa shape index (κ2) is 4.53. The molecule has 0 saturated heterocycles. The molecule has 3 heteroatoms. The molecule has 0 spiro atoms. The predicted octanol–water partition coefficient (Wildman–Crippen LogP) is 2.69. The Morgan fingerprint density at radius 2 is 2.12 bits per heavy atom. The minimum absolute atomic E-state index is 0.192. The van der Waals surface area contributed by atoms with E-state index in [4.69, 9.17) is 5.11 Å². The number of aliphatic carboxylic acids is 1. The van der Waals surface area contributed by atoms with Crippen LogP contribution in [0.1, 0.15) is 41.3 Å². The molecule has 0 aliphatic heterocycles. The monoisotopic (exact) mass is 230 g/mol. The Bertz CT molecular complexity index is 512. The highest BCUT2D eigenvalue weighted by molar-refractivity contribution is 5.99. The van der Waals surface area contributed by atoms with Crippen LogP contribution in [0.25, 0.3) is 5.57 Å². The largest absolute Gasteiger partial charge is 0.478 e. The summed E-state index contributed by atoms with van der Waals surface area (Å²) in [4.78, 5) is 22.2. The van der Waals surface area contributed by atoms with Gasteiger partial charge in [-0.05, 0) is 36.5 Å². The standard InChI is InChI=1S/C14H14O3/c1-9(7-14(16)17)10-5-6-12-11(8-10)3-2-4-13(12)15/h5-8H,2-4H2,1H3,(H,16,17)/b9-7+. The maximum atomic E-state index is 11.6. The number of allylic oxidation sites excluding steroid dienone is 1. The van der Waals surface area contributed by atoms with Gasteiger partial charge in [-0.1, -0.05) is 18.2 Å². The molecular formula is C14H14O3. The third-order valence-electron chi connectivity index (χ3n) is 3.05. The average Bonchev–Trinajstić information content (AvgIpc) is 2.28. The SMILES string of the molecule is C/C(=C\C(=O)O)c1ccc2c(c1)CCCC2=O. The number of ketones is 1. The van der Waals surface area contributed by atoms with E-state index in [1.165, 1.54) is 6.08 Å². The van der Waals surface area contributed by atoms with Crippen molar-refractivity contribution < 1.29 is 14.7 Å². The number of carbonyl (C=O) groups is 2. The molecule has 0 radical (unpaired) electrons. The van der Waals surface area contributed by atoms with E-state index in [1.807, 2.05) is 18.2 Å². The minimum atomic E-state index is -0.948. The number of fused-ring (bicyclic) bond motifs is 1. The summed E-state index contributed by atoms with van der Waals surface area (Å²) >= 11 is 0. The predicted molar refractivity (Wildman–Crippen MR) is 65.0 cm³/mol. The van der Waals surface area contributed by atoms with E-state index in [9.17, 15) is 9.59 Å². The van der Waals surface area contributed by atoms with Crippen molar-refractivity contribution in [1.29, 1.82) is 0 Å². The van der Waals surface area contributed by atoms with Crippen molar-refractivity contribution in [2.24, 2.45) is 0 Å². The first kappa shape index (κ1) is 11.6. The van der Waals surface area contributed by atoms with Gasteiger partial charge < -0.3 is 5.11 Å². The first-order valence-electron chi connectivity index (χ1n) is 5.65. The Hall–Kier alpha value is -1.90. The van der Waals surface area contributed by atoms with Crippen molar-refractivity contribution >= 4 is 17.3 Å². The molecule has 0 amide bonds. The molecule has 0 heterocycles. The van der Waals surface area contributed by atoms with Crippen molar-refractivity contribution in [3.05, 3.63) is 41.0 Å². The quantitative estimate of drug-likeness (QED) is 0.795. The van der Waals surface area contributed by atoms with Crippen LogP contribution in [0.3, 0.4) is 0 Å². The third kappa shape index (κ3) is 2.44. The van der Waals surface area contributed by atoms with E-state index in [-0.39, 0.29) is 5.78 Å². The first-order valence-corrected chi connectivity index (χ1v) is 5.65. The van der Waals surface area contributed by atoms with E-state index < -0.39 is 5.97 Å². The van der Waals surface area contributed by atoms with Gasteiger partial charge in [0.1, 0.15) is 0 Å². The molecule has 1 N–H and O–H groups in total. The van der Waals surface area contributed by atoms with Gasteiger partial charge in [-0.25, -0.2) is 4.79 Å². The maximum absolute atomic E-state index is 11.6. The normalized spacial score (nSPS) is 15.6. The van der Waals surface area contributed by atoms with Gasteiger partial charge in [-0.2, -0.15) is 0 Å². The number of aryl methyl sites for hydroxylation is 1. The summed E-state index contributed by atoms with van der Waals surface area (Å²) in [6.07, 6.45) is 3.59. The van der Waals surface area contributed by atoms with Crippen molar-refractivity contribution in [2.75, 3.05) is 0 Å². The maximum Gasteiger partial charge on any atom is 0.328 e. The third-order valence-corrected chi connectivity index (χ3v) is 3.05. The molecule has 0 unspecified atom stereocenters. The van der Waals surface area contributed by atoms with Crippen LogP contribution in [0.4, 0.5) is 0 Å². The van der Waals surface area contributed by atoms with Gasteiger partial charge in [0.15, 0.2) is 5.78 Å². The number of Topliss-reactive ketones (excluding diaryl/α,β-unsaturated/α-hetero) is 1. The Kier molecular flexibility index (Phi) is 3.09. The van der Waals surface area contributed by atoms with Gasteiger partial charge in [0.25, 0.3) is 0 Å². The Morgan fingerprint density at radius 1 is 1.35 bits per heavy atom. The number of carbonyl (C=O) groups excluding carboxylic acids is 1. The average molecular weight is 230 g/mol. The molecule has 0 saturated carbocycles. The van der Waals surface area contributed by atoms with E-state index in [1.54, 1.807) is 6.92 Å². The van der Waals surface area contributed by atoms with Crippen LogP contribution < -0.4 is 0 Å². The van der Waals surface area contributed by atoms with Crippen molar-refractivity contribution in [2.45, 2.75) is 26.2 Å².